The molecule has 0 aliphatic rings. The summed E-state index contributed by atoms with van der Waals surface area (Å²) in [7, 11) is 1.46. The number of likely N-dealkylation sites (N-methyl/N-ethyl adjacent to an activating group) is 1. The van der Waals surface area contributed by atoms with E-state index < -0.39 is 26.5 Å². The quantitative estimate of drug-likeness (QED) is 0.0212. The molecule has 0 aromatic carbocycles. The summed E-state index contributed by atoms with van der Waals surface area (Å²) in [6, 6.07) is 0. The summed E-state index contributed by atoms with van der Waals surface area (Å²) >= 11 is 0. The van der Waals surface area contributed by atoms with Gasteiger partial charge < -0.3 is 18.9 Å². The lowest BCUT2D eigenvalue weighted by atomic mass is 10.0. The van der Waals surface area contributed by atoms with Crippen LogP contribution < -0.4 is 0 Å². The Kier molecular flexibility index (Phi) is 41.5. The molecule has 0 fully saturated rings. The molecule has 356 valence electrons. The minimum atomic E-state index is -4.37. The van der Waals surface area contributed by atoms with Gasteiger partial charge in [-0.05, 0) is 70.6 Å². The maximum Gasteiger partial charge on any atom is 0.472 e. The highest BCUT2D eigenvalue weighted by atomic mass is 31.2. The fourth-order valence-electron chi connectivity index (χ4n) is 6.17. The number of unbranched alkanes of at least 4 members (excludes halogenated alkanes) is 15. The molecule has 2 unspecified atom stereocenters. The molecular formula is C52H91NO8P+. The number of hydrogen-bond donors (Lipinski definition) is 1. The Morgan fingerprint density at radius 1 is 0.516 bits per heavy atom. The van der Waals surface area contributed by atoms with Gasteiger partial charge in [-0.25, -0.2) is 4.57 Å². The molecule has 0 saturated carbocycles. The van der Waals surface area contributed by atoms with Crippen molar-refractivity contribution in [3.63, 3.8) is 0 Å². The van der Waals surface area contributed by atoms with Gasteiger partial charge in [-0.2, -0.15) is 0 Å². The van der Waals surface area contributed by atoms with Gasteiger partial charge >= 0.3 is 19.8 Å². The zero-order chi connectivity index (χ0) is 45.7. The maximum absolute atomic E-state index is 12.7. The Morgan fingerprint density at radius 3 is 1.37 bits per heavy atom. The highest BCUT2D eigenvalue weighted by molar-refractivity contribution is 7.47. The van der Waals surface area contributed by atoms with Crippen LogP contribution in [0.5, 0.6) is 0 Å². The van der Waals surface area contributed by atoms with Crippen molar-refractivity contribution in [2.24, 2.45) is 0 Å². The highest BCUT2D eigenvalue weighted by Gasteiger charge is 2.27. The molecule has 10 heteroatoms. The van der Waals surface area contributed by atoms with Crippen molar-refractivity contribution in [1.82, 2.24) is 0 Å². The van der Waals surface area contributed by atoms with Gasteiger partial charge in [-0.3, -0.25) is 18.6 Å². The highest BCUT2D eigenvalue weighted by Crippen LogP contribution is 2.43. The van der Waals surface area contributed by atoms with Crippen molar-refractivity contribution in [2.75, 3.05) is 47.5 Å². The second-order valence-corrected chi connectivity index (χ2v) is 18.6. The third kappa shape index (κ3) is 46.7. The van der Waals surface area contributed by atoms with E-state index >= 15 is 0 Å². The van der Waals surface area contributed by atoms with Crippen LogP contribution in [0, 0.1) is 0 Å². The summed E-state index contributed by atoms with van der Waals surface area (Å²) < 4.78 is 34.1. The second-order valence-electron chi connectivity index (χ2n) is 17.1. The first-order chi connectivity index (χ1) is 30.0. The fraction of sp³-hybridized carbons (Fsp3) is 0.692. The lowest BCUT2D eigenvalue weighted by molar-refractivity contribution is -0.870. The average Bonchev–Trinajstić information content (AvgIpc) is 3.22. The van der Waals surface area contributed by atoms with Crippen LogP contribution in [0.3, 0.4) is 0 Å². The largest absolute Gasteiger partial charge is 0.472 e. The Labute approximate surface area is 380 Å². The summed E-state index contributed by atoms with van der Waals surface area (Å²) in [5, 5.41) is 0. The minimum absolute atomic E-state index is 0.0283. The van der Waals surface area contributed by atoms with Gasteiger partial charge in [-0.1, -0.05) is 182 Å². The van der Waals surface area contributed by atoms with Crippen LogP contribution in [0.2, 0.25) is 0 Å². The first-order valence-corrected chi connectivity index (χ1v) is 25.8. The molecule has 0 radical (unpaired) electrons. The summed E-state index contributed by atoms with van der Waals surface area (Å²) in [4.78, 5) is 35.1. The lowest BCUT2D eigenvalue weighted by Crippen LogP contribution is -2.37. The number of ether oxygens (including phenoxy) is 2. The zero-order valence-electron chi connectivity index (χ0n) is 40.1. The van der Waals surface area contributed by atoms with Crippen molar-refractivity contribution in [1.29, 1.82) is 0 Å². The molecule has 0 spiro atoms. The molecule has 0 aromatic heterocycles. The van der Waals surface area contributed by atoms with E-state index in [0.29, 0.717) is 17.4 Å². The maximum atomic E-state index is 12.7. The molecule has 0 aliphatic carbocycles. The second kappa shape index (κ2) is 43.4. The number of rotatable bonds is 43. The number of allylic oxidation sites excluding steroid dienone is 14. The van der Waals surface area contributed by atoms with Crippen molar-refractivity contribution in [2.45, 2.75) is 187 Å². The number of phosphoric ester groups is 1. The number of carbonyl (C=O) groups excluding carboxylic acids is 2. The van der Waals surface area contributed by atoms with Gasteiger partial charge in [0.05, 0.1) is 27.7 Å². The number of phosphoric acid groups is 1. The van der Waals surface area contributed by atoms with Crippen LogP contribution in [0.1, 0.15) is 181 Å². The van der Waals surface area contributed by atoms with Crippen LogP contribution >= 0.6 is 7.82 Å². The Balaban J connectivity index is 3.99. The first-order valence-electron chi connectivity index (χ1n) is 24.3. The SMILES string of the molecule is CC/C=C\C/C=C\C/C=C\C/C=C\C/C=C\C/C=C\C/C=C\CCCCCCCCCCCCCC(=O)OC(COC(=O)CCCCCCC)COP(=O)(O)OCC[N+](C)(C)C. The third-order valence-corrected chi connectivity index (χ3v) is 10.9. The predicted octanol–water partition coefficient (Wildman–Crippen LogP) is 14.4. The van der Waals surface area contributed by atoms with Gasteiger partial charge in [-0.15, -0.1) is 0 Å². The molecule has 2 atom stereocenters. The molecule has 0 aromatic rings. The van der Waals surface area contributed by atoms with E-state index in [2.05, 4.69) is 98.9 Å². The zero-order valence-corrected chi connectivity index (χ0v) is 41.0. The summed E-state index contributed by atoms with van der Waals surface area (Å²) in [6.45, 7) is 4.19. The molecule has 0 aliphatic heterocycles. The van der Waals surface area contributed by atoms with E-state index in [1.807, 2.05) is 21.1 Å². The van der Waals surface area contributed by atoms with Crippen LogP contribution in [-0.2, 0) is 32.7 Å². The van der Waals surface area contributed by atoms with Gasteiger partial charge in [0, 0.05) is 12.8 Å². The molecule has 62 heavy (non-hydrogen) atoms. The van der Waals surface area contributed by atoms with Gasteiger partial charge in [0.1, 0.15) is 19.8 Å². The summed E-state index contributed by atoms with van der Waals surface area (Å²) in [6.07, 6.45) is 57.0. The van der Waals surface area contributed by atoms with Gasteiger partial charge in [0.25, 0.3) is 0 Å². The molecular weight excluding hydrogens is 798 g/mol. The topological polar surface area (TPSA) is 108 Å². The van der Waals surface area contributed by atoms with Gasteiger partial charge in [0.2, 0.25) is 0 Å². The lowest BCUT2D eigenvalue weighted by Gasteiger charge is -2.24. The van der Waals surface area contributed by atoms with E-state index in [0.717, 1.165) is 103 Å². The predicted molar refractivity (Wildman–Crippen MR) is 261 cm³/mol. The fourth-order valence-corrected chi connectivity index (χ4v) is 6.91. The average molecular weight is 889 g/mol. The molecule has 9 nitrogen and oxygen atoms in total. The van der Waals surface area contributed by atoms with Gasteiger partial charge in [0.15, 0.2) is 6.10 Å². The first kappa shape index (κ1) is 59.2. The Morgan fingerprint density at radius 2 is 0.919 bits per heavy atom. The van der Waals surface area contributed by atoms with Crippen molar-refractivity contribution in [3.05, 3.63) is 85.1 Å². The molecule has 0 saturated heterocycles. The molecule has 0 rings (SSSR count). The van der Waals surface area contributed by atoms with E-state index in [-0.39, 0.29) is 32.0 Å². The molecule has 1 N–H and O–H groups in total. The number of quaternary nitrogens is 1. The monoisotopic (exact) mass is 889 g/mol. The van der Waals surface area contributed by atoms with E-state index in [4.69, 9.17) is 18.5 Å². The molecule has 0 heterocycles. The van der Waals surface area contributed by atoms with Crippen LogP contribution in [0.15, 0.2) is 85.1 Å². The van der Waals surface area contributed by atoms with E-state index in [1.165, 1.54) is 44.9 Å². The smallest absolute Gasteiger partial charge is 0.462 e. The van der Waals surface area contributed by atoms with Crippen LogP contribution in [0.25, 0.3) is 0 Å². The van der Waals surface area contributed by atoms with Crippen molar-refractivity contribution in [3.8, 4) is 0 Å². The Hall–Kier alpha value is -2.81. The Bertz CT molecular complexity index is 1330. The van der Waals surface area contributed by atoms with Crippen molar-refractivity contribution >= 4 is 19.8 Å². The number of esters is 2. The molecule has 0 amide bonds. The number of carbonyl (C=O) groups is 2. The normalized spacial score (nSPS) is 14.2. The van der Waals surface area contributed by atoms with E-state index in [1.54, 1.807) is 0 Å². The van der Waals surface area contributed by atoms with Crippen LogP contribution in [-0.4, -0.2) is 74.9 Å². The molecule has 0 bridgehead atoms. The van der Waals surface area contributed by atoms with Crippen LogP contribution in [0.4, 0.5) is 0 Å². The summed E-state index contributed by atoms with van der Waals surface area (Å²) in [5.74, 6) is -0.821. The minimum Gasteiger partial charge on any atom is -0.462 e. The van der Waals surface area contributed by atoms with Crippen molar-refractivity contribution < 1.29 is 42.1 Å². The number of hydrogen-bond acceptors (Lipinski definition) is 7. The summed E-state index contributed by atoms with van der Waals surface area (Å²) in [5.41, 5.74) is 0. The standard InChI is InChI=1S/C52H90NO8P/c1-6-8-10-12-13-14-15-16-17-18-19-20-21-22-23-24-25-26-27-28-29-30-31-32-33-34-35-36-37-38-39-41-43-45-52(55)61-50(48-58-51(54)44-42-40-11-9-7-2)49-60-62(56,57)59-47-46-53(3,4)5/h8,10,13-14,16-17,19-20,22-23,25-26,28-29,50H,6-7,9,11-12,15,18,21,24,27,30-49H2,1-5H3/p+1/b10-8-,14-13-,17-16-,20-19-,23-22-,26-25-,29-28-. The number of nitrogens with zero attached hydrogens (tertiary/aromatic N) is 1. The third-order valence-electron chi connectivity index (χ3n) is 9.94. The van der Waals surface area contributed by atoms with E-state index in [9.17, 15) is 19.0 Å².